The van der Waals surface area contributed by atoms with Gasteiger partial charge in [0.2, 0.25) is 0 Å². The van der Waals surface area contributed by atoms with Gasteiger partial charge in [0.1, 0.15) is 6.10 Å². The van der Waals surface area contributed by atoms with Gasteiger partial charge in [-0.15, -0.1) is 0 Å². The number of aliphatic hydroxyl groups is 2. The number of rotatable bonds is 1. The van der Waals surface area contributed by atoms with Crippen LogP contribution in [0.3, 0.4) is 0 Å². The van der Waals surface area contributed by atoms with Gasteiger partial charge < -0.3 is 10.2 Å². The van der Waals surface area contributed by atoms with Gasteiger partial charge in [-0.3, -0.25) is 0 Å². The van der Waals surface area contributed by atoms with Gasteiger partial charge in [0, 0.05) is 6.42 Å². The smallest absolute Gasteiger partial charge is 0.111 e. The monoisotopic (exact) mass is 128 g/mol. The SMILES string of the molecule is CC(O)C#CCC(C)O. The molecular weight excluding hydrogens is 116 g/mol. The van der Waals surface area contributed by atoms with Gasteiger partial charge >= 0.3 is 0 Å². The standard InChI is InChI=1S/C7H12O2/c1-6(8)4-3-5-7(2)9/h6-9H,4H2,1-2H3. The number of hydrogen-bond donors (Lipinski definition) is 2. The molecule has 0 radical (unpaired) electrons. The Kier molecular flexibility index (Phi) is 4.12. The van der Waals surface area contributed by atoms with E-state index in [1.807, 2.05) is 0 Å². The quantitative estimate of drug-likeness (QED) is 0.493. The van der Waals surface area contributed by atoms with E-state index in [1.54, 1.807) is 13.8 Å². The molecule has 2 N–H and O–H groups in total. The van der Waals surface area contributed by atoms with Gasteiger partial charge in [0.15, 0.2) is 0 Å². The van der Waals surface area contributed by atoms with Crippen LogP contribution >= 0.6 is 0 Å². The van der Waals surface area contributed by atoms with Crippen LogP contribution in [0.4, 0.5) is 0 Å². The van der Waals surface area contributed by atoms with Crippen LogP contribution < -0.4 is 0 Å². The molecular formula is C7H12O2. The summed E-state index contributed by atoms with van der Waals surface area (Å²) in [6.45, 7) is 3.26. The van der Waals surface area contributed by atoms with Crippen LogP contribution in [0.2, 0.25) is 0 Å². The highest BCUT2D eigenvalue weighted by Gasteiger charge is 1.88. The van der Waals surface area contributed by atoms with E-state index in [0.717, 1.165) is 0 Å². The van der Waals surface area contributed by atoms with E-state index in [-0.39, 0.29) is 0 Å². The Balaban J connectivity index is 3.38. The molecule has 9 heavy (non-hydrogen) atoms. The molecule has 2 atom stereocenters. The first-order valence-electron chi connectivity index (χ1n) is 2.97. The highest BCUT2D eigenvalue weighted by molar-refractivity contribution is 5.03. The highest BCUT2D eigenvalue weighted by atomic mass is 16.3. The fourth-order valence-electron chi connectivity index (χ4n) is 0.354. The third-order valence-electron chi connectivity index (χ3n) is 0.708. The molecule has 0 fully saturated rings. The summed E-state index contributed by atoms with van der Waals surface area (Å²) in [7, 11) is 0. The van der Waals surface area contributed by atoms with Crippen LogP contribution in [-0.4, -0.2) is 22.4 Å². The van der Waals surface area contributed by atoms with Gasteiger partial charge in [-0.25, -0.2) is 0 Å². The summed E-state index contributed by atoms with van der Waals surface area (Å²) in [6.07, 6.45) is -0.537. The third kappa shape index (κ3) is 7.48. The minimum absolute atomic E-state index is 0.392. The predicted octanol–water partition coefficient (Wildman–Crippen LogP) is 0.141. The molecule has 0 amide bonds. The summed E-state index contributed by atoms with van der Waals surface area (Å²) in [4.78, 5) is 0. The first kappa shape index (κ1) is 8.48. The number of aliphatic hydroxyl groups excluding tert-OH is 2. The maximum Gasteiger partial charge on any atom is 0.111 e. The van der Waals surface area contributed by atoms with Crippen molar-refractivity contribution in [2.24, 2.45) is 0 Å². The zero-order valence-corrected chi connectivity index (χ0v) is 5.76. The summed E-state index contributed by atoms with van der Waals surface area (Å²) < 4.78 is 0. The zero-order chi connectivity index (χ0) is 7.28. The van der Waals surface area contributed by atoms with Crippen molar-refractivity contribution in [3.63, 3.8) is 0 Å². The van der Waals surface area contributed by atoms with Crippen molar-refractivity contribution >= 4 is 0 Å². The summed E-state index contributed by atoms with van der Waals surface area (Å²) in [5.74, 6) is 5.16. The van der Waals surface area contributed by atoms with Crippen LogP contribution in [-0.2, 0) is 0 Å². The molecule has 0 aromatic rings. The molecule has 0 heterocycles. The van der Waals surface area contributed by atoms with Gasteiger partial charge in [0.25, 0.3) is 0 Å². The van der Waals surface area contributed by atoms with Gasteiger partial charge in [0.05, 0.1) is 6.10 Å². The second-order valence-electron chi connectivity index (χ2n) is 2.05. The van der Waals surface area contributed by atoms with E-state index in [0.29, 0.717) is 6.42 Å². The molecule has 0 aromatic heterocycles. The fourth-order valence-corrected chi connectivity index (χ4v) is 0.354. The van der Waals surface area contributed by atoms with E-state index in [9.17, 15) is 0 Å². The van der Waals surface area contributed by atoms with E-state index in [4.69, 9.17) is 10.2 Å². The van der Waals surface area contributed by atoms with Crippen LogP contribution in [0.1, 0.15) is 20.3 Å². The Hall–Kier alpha value is -0.520. The lowest BCUT2D eigenvalue weighted by molar-refractivity contribution is 0.200. The molecule has 2 heteroatoms. The summed E-state index contributed by atoms with van der Waals surface area (Å²) in [5, 5.41) is 17.3. The first-order chi connectivity index (χ1) is 4.13. The lowest BCUT2D eigenvalue weighted by Gasteiger charge is -1.93. The van der Waals surface area contributed by atoms with E-state index in [1.165, 1.54) is 0 Å². The van der Waals surface area contributed by atoms with Crippen molar-refractivity contribution in [2.75, 3.05) is 0 Å². The molecule has 2 unspecified atom stereocenters. The molecule has 0 saturated carbocycles. The van der Waals surface area contributed by atoms with Crippen molar-refractivity contribution < 1.29 is 10.2 Å². The average Bonchev–Trinajstić information content (AvgIpc) is 1.63. The zero-order valence-electron chi connectivity index (χ0n) is 5.76. The van der Waals surface area contributed by atoms with Crippen LogP contribution in [0.25, 0.3) is 0 Å². The normalized spacial score (nSPS) is 15.6. The average molecular weight is 128 g/mol. The minimum Gasteiger partial charge on any atom is -0.392 e. The maximum atomic E-state index is 8.68. The van der Waals surface area contributed by atoms with Crippen LogP contribution in [0.15, 0.2) is 0 Å². The van der Waals surface area contributed by atoms with Crippen molar-refractivity contribution in [2.45, 2.75) is 32.5 Å². The summed E-state index contributed by atoms with van der Waals surface area (Å²) in [6, 6.07) is 0. The fraction of sp³-hybridized carbons (Fsp3) is 0.714. The Morgan fingerprint density at radius 3 is 2.22 bits per heavy atom. The van der Waals surface area contributed by atoms with E-state index >= 15 is 0 Å². The highest BCUT2D eigenvalue weighted by Crippen LogP contribution is 1.85. The molecule has 0 aromatic carbocycles. The predicted molar refractivity (Wildman–Crippen MR) is 35.8 cm³/mol. The summed E-state index contributed by atoms with van der Waals surface area (Å²) >= 11 is 0. The molecule has 2 nitrogen and oxygen atoms in total. The van der Waals surface area contributed by atoms with Crippen LogP contribution in [0.5, 0.6) is 0 Å². The van der Waals surface area contributed by atoms with Crippen molar-refractivity contribution in [1.29, 1.82) is 0 Å². The van der Waals surface area contributed by atoms with Crippen LogP contribution in [0, 0.1) is 11.8 Å². The van der Waals surface area contributed by atoms with Crippen molar-refractivity contribution in [3.8, 4) is 11.8 Å². The van der Waals surface area contributed by atoms with Crippen molar-refractivity contribution in [3.05, 3.63) is 0 Å². The van der Waals surface area contributed by atoms with Gasteiger partial charge in [-0.05, 0) is 13.8 Å². The Labute approximate surface area is 55.5 Å². The number of hydrogen-bond acceptors (Lipinski definition) is 2. The third-order valence-corrected chi connectivity index (χ3v) is 0.708. The van der Waals surface area contributed by atoms with Crippen molar-refractivity contribution in [1.82, 2.24) is 0 Å². The topological polar surface area (TPSA) is 40.5 Å². The largest absolute Gasteiger partial charge is 0.392 e. The molecule has 0 aliphatic carbocycles. The lowest BCUT2D eigenvalue weighted by Crippen LogP contribution is -1.98. The Bertz CT molecular complexity index is 117. The maximum absolute atomic E-state index is 8.68. The molecule has 0 saturated heterocycles. The molecule has 0 aliphatic rings. The molecule has 0 spiro atoms. The molecule has 0 bridgehead atoms. The van der Waals surface area contributed by atoms with E-state index in [2.05, 4.69) is 11.8 Å². The Morgan fingerprint density at radius 2 is 1.89 bits per heavy atom. The Morgan fingerprint density at radius 1 is 1.33 bits per heavy atom. The first-order valence-corrected chi connectivity index (χ1v) is 2.97. The second-order valence-corrected chi connectivity index (χ2v) is 2.05. The second kappa shape index (κ2) is 4.37. The lowest BCUT2D eigenvalue weighted by atomic mass is 10.3. The van der Waals surface area contributed by atoms with E-state index < -0.39 is 12.2 Å². The van der Waals surface area contributed by atoms with Gasteiger partial charge in [-0.1, -0.05) is 11.8 Å². The van der Waals surface area contributed by atoms with Gasteiger partial charge in [-0.2, -0.15) is 0 Å². The minimum atomic E-state index is -0.580. The molecule has 0 rings (SSSR count). The molecule has 52 valence electrons. The summed E-state index contributed by atoms with van der Waals surface area (Å²) in [5.41, 5.74) is 0. The molecule has 0 aliphatic heterocycles.